The van der Waals surface area contributed by atoms with Gasteiger partial charge < -0.3 is 0 Å². The molecule has 0 radical (unpaired) electrons. The molecule has 3 aromatic rings. The molecule has 0 unspecified atom stereocenters. The van der Waals surface area contributed by atoms with Crippen LogP contribution in [0.4, 0.5) is 0 Å². The molecule has 0 aliphatic heterocycles. The van der Waals surface area contributed by atoms with Gasteiger partial charge in [-0.05, 0) is 19.1 Å². The first-order valence-electron chi connectivity index (χ1n) is 6.10. The molecular weight excluding hydrogens is 314 g/mol. The van der Waals surface area contributed by atoms with Gasteiger partial charge in [-0.15, -0.1) is 10.2 Å². The van der Waals surface area contributed by atoms with E-state index >= 15 is 0 Å². The van der Waals surface area contributed by atoms with Crippen LogP contribution in [-0.2, 0) is 15.6 Å². The highest BCUT2D eigenvalue weighted by atomic mass is 35.7. The van der Waals surface area contributed by atoms with Crippen molar-refractivity contribution in [2.45, 2.75) is 18.6 Å². The summed E-state index contributed by atoms with van der Waals surface area (Å²) in [5.41, 5.74) is 1.87. The summed E-state index contributed by atoms with van der Waals surface area (Å²) in [5.74, 6) is 0.315. The van der Waals surface area contributed by atoms with Crippen LogP contribution in [0.1, 0.15) is 6.92 Å². The third-order valence-electron chi connectivity index (χ3n) is 2.93. The predicted octanol–water partition coefficient (Wildman–Crippen LogP) is 1.84. The number of hydrogen-bond acceptors (Lipinski definition) is 6. The van der Waals surface area contributed by atoms with Gasteiger partial charge in [0.2, 0.25) is 0 Å². The Hall–Kier alpha value is -2.06. The molecule has 2 aromatic heterocycles. The summed E-state index contributed by atoms with van der Waals surface area (Å²) in [4.78, 5) is 8.70. The molecule has 0 amide bonds. The number of halogens is 1. The molecule has 3 rings (SSSR count). The standard InChI is InChI=1S/C12H10ClN5O2S/c1-2-18-11(16-17-12(18)21(13,19)20)10-7-14-8-5-3-4-6-9(8)15-10/h3-7H,2H2,1H3. The van der Waals surface area contributed by atoms with Gasteiger partial charge in [0.25, 0.3) is 14.2 Å². The van der Waals surface area contributed by atoms with Gasteiger partial charge in [-0.2, -0.15) is 0 Å². The lowest BCUT2D eigenvalue weighted by Crippen LogP contribution is -2.07. The molecule has 0 aliphatic carbocycles. The Bertz CT molecular complexity index is 922. The van der Waals surface area contributed by atoms with Crippen LogP contribution in [-0.4, -0.2) is 33.2 Å². The van der Waals surface area contributed by atoms with Gasteiger partial charge >= 0.3 is 0 Å². The fraction of sp³-hybridized carbons (Fsp3) is 0.167. The van der Waals surface area contributed by atoms with Gasteiger partial charge in [0, 0.05) is 17.2 Å². The lowest BCUT2D eigenvalue weighted by atomic mass is 10.3. The zero-order valence-corrected chi connectivity index (χ0v) is 12.5. The van der Waals surface area contributed by atoms with Crippen molar-refractivity contribution < 1.29 is 8.42 Å². The van der Waals surface area contributed by atoms with Crippen LogP contribution in [0.3, 0.4) is 0 Å². The maximum atomic E-state index is 11.5. The minimum Gasteiger partial charge on any atom is -0.296 e. The van der Waals surface area contributed by atoms with Gasteiger partial charge in [-0.1, -0.05) is 12.1 Å². The maximum absolute atomic E-state index is 11.5. The van der Waals surface area contributed by atoms with Crippen LogP contribution < -0.4 is 0 Å². The number of para-hydroxylation sites is 2. The Morgan fingerprint density at radius 3 is 2.57 bits per heavy atom. The van der Waals surface area contributed by atoms with E-state index in [4.69, 9.17) is 10.7 Å². The van der Waals surface area contributed by atoms with Crippen LogP contribution in [0.2, 0.25) is 0 Å². The van der Waals surface area contributed by atoms with E-state index in [0.29, 0.717) is 23.6 Å². The summed E-state index contributed by atoms with van der Waals surface area (Å²) in [7, 11) is 1.39. The van der Waals surface area contributed by atoms with E-state index in [1.807, 2.05) is 24.3 Å². The third kappa shape index (κ3) is 2.47. The number of fused-ring (bicyclic) bond motifs is 1. The first-order chi connectivity index (χ1) is 10.0. The molecule has 7 nitrogen and oxygen atoms in total. The van der Waals surface area contributed by atoms with Gasteiger partial charge in [0.1, 0.15) is 5.69 Å². The van der Waals surface area contributed by atoms with E-state index in [9.17, 15) is 8.42 Å². The molecule has 0 fully saturated rings. The SMILES string of the molecule is CCn1c(-c2cnc3ccccc3n2)nnc1S(=O)(=O)Cl. The molecule has 0 aliphatic rings. The normalized spacial score (nSPS) is 11.9. The quantitative estimate of drug-likeness (QED) is 0.683. The van der Waals surface area contributed by atoms with Crippen LogP contribution in [0, 0.1) is 0 Å². The zero-order valence-electron chi connectivity index (χ0n) is 10.9. The lowest BCUT2D eigenvalue weighted by molar-refractivity contribution is 0.582. The van der Waals surface area contributed by atoms with Gasteiger partial charge in [-0.3, -0.25) is 9.55 Å². The van der Waals surface area contributed by atoms with Gasteiger partial charge in [0.05, 0.1) is 17.2 Å². The van der Waals surface area contributed by atoms with Crippen LogP contribution in [0.25, 0.3) is 22.6 Å². The predicted molar refractivity (Wildman–Crippen MR) is 77.3 cm³/mol. The molecule has 0 N–H and O–H groups in total. The molecule has 0 saturated heterocycles. The van der Waals surface area contributed by atoms with E-state index < -0.39 is 9.05 Å². The molecule has 9 heteroatoms. The molecule has 0 atom stereocenters. The van der Waals surface area contributed by atoms with E-state index in [2.05, 4.69) is 20.2 Å². The molecule has 21 heavy (non-hydrogen) atoms. The number of benzene rings is 1. The lowest BCUT2D eigenvalue weighted by Gasteiger charge is -2.05. The molecule has 0 saturated carbocycles. The van der Waals surface area contributed by atoms with Crippen LogP contribution >= 0.6 is 10.7 Å². The molecule has 108 valence electrons. The second-order valence-corrected chi connectivity index (χ2v) is 6.69. The van der Waals surface area contributed by atoms with E-state index in [1.54, 1.807) is 6.92 Å². The van der Waals surface area contributed by atoms with Crippen LogP contribution in [0.15, 0.2) is 35.6 Å². The first-order valence-corrected chi connectivity index (χ1v) is 8.41. The van der Waals surface area contributed by atoms with E-state index in [-0.39, 0.29) is 5.16 Å². The van der Waals surface area contributed by atoms with Crippen LogP contribution in [0.5, 0.6) is 0 Å². The van der Waals surface area contributed by atoms with Crippen molar-refractivity contribution >= 4 is 30.8 Å². The average molecular weight is 324 g/mol. The Kier molecular flexibility index (Phi) is 3.34. The maximum Gasteiger partial charge on any atom is 0.296 e. The summed E-state index contributed by atoms with van der Waals surface area (Å²) < 4.78 is 24.3. The van der Waals surface area contributed by atoms with E-state index in [0.717, 1.165) is 5.52 Å². The Labute approximate surface area is 125 Å². The monoisotopic (exact) mass is 323 g/mol. The third-order valence-corrected chi connectivity index (χ3v) is 4.08. The summed E-state index contributed by atoms with van der Waals surface area (Å²) in [6.07, 6.45) is 1.53. The highest BCUT2D eigenvalue weighted by molar-refractivity contribution is 8.13. The molecule has 2 heterocycles. The Morgan fingerprint density at radius 2 is 1.90 bits per heavy atom. The fourth-order valence-electron chi connectivity index (χ4n) is 2.01. The van der Waals surface area contributed by atoms with Crippen molar-refractivity contribution in [1.82, 2.24) is 24.7 Å². The summed E-state index contributed by atoms with van der Waals surface area (Å²) in [5, 5.41) is 7.22. The highest BCUT2D eigenvalue weighted by Gasteiger charge is 2.23. The second kappa shape index (κ2) is 5.05. The Morgan fingerprint density at radius 1 is 1.19 bits per heavy atom. The summed E-state index contributed by atoms with van der Waals surface area (Å²) in [6, 6.07) is 7.37. The van der Waals surface area contributed by atoms with Gasteiger partial charge in [-0.25, -0.2) is 13.4 Å². The van der Waals surface area contributed by atoms with E-state index in [1.165, 1.54) is 10.8 Å². The molecule has 0 bridgehead atoms. The first kappa shape index (κ1) is 13.9. The number of aromatic nitrogens is 5. The average Bonchev–Trinajstić information content (AvgIpc) is 2.90. The van der Waals surface area contributed by atoms with Crippen molar-refractivity contribution in [2.75, 3.05) is 0 Å². The van der Waals surface area contributed by atoms with Crippen molar-refractivity contribution in [1.29, 1.82) is 0 Å². The number of nitrogens with zero attached hydrogens (tertiary/aromatic N) is 5. The summed E-state index contributed by atoms with van der Waals surface area (Å²) in [6.45, 7) is 2.12. The Balaban J connectivity index is 2.21. The zero-order chi connectivity index (χ0) is 15.0. The number of hydrogen-bond donors (Lipinski definition) is 0. The minimum atomic E-state index is -3.96. The van der Waals surface area contributed by atoms with Crippen molar-refractivity contribution in [3.8, 4) is 11.5 Å². The molecular formula is C12H10ClN5O2S. The summed E-state index contributed by atoms with van der Waals surface area (Å²) >= 11 is 0. The van der Waals surface area contributed by atoms with Crippen molar-refractivity contribution in [2.24, 2.45) is 0 Å². The molecule has 1 aromatic carbocycles. The van der Waals surface area contributed by atoms with Crippen molar-refractivity contribution in [3.05, 3.63) is 30.5 Å². The van der Waals surface area contributed by atoms with Crippen molar-refractivity contribution in [3.63, 3.8) is 0 Å². The topological polar surface area (TPSA) is 90.6 Å². The van der Waals surface area contributed by atoms with Gasteiger partial charge in [0.15, 0.2) is 5.82 Å². The fourth-order valence-corrected chi connectivity index (χ4v) is 2.97. The second-order valence-electron chi connectivity index (χ2n) is 4.23. The number of rotatable bonds is 3. The largest absolute Gasteiger partial charge is 0.296 e. The highest BCUT2D eigenvalue weighted by Crippen LogP contribution is 2.22. The minimum absolute atomic E-state index is 0.295. The molecule has 0 spiro atoms. The smallest absolute Gasteiger partial charge is 0.296 e.